The first-order chi connectivity index (χ1) is 26.8. The molecule has 0 N–H and O–H groups in total. The summed E-state index contributed by atoms with van der Waals surface area (Å²) in [6.45, 7) is 0. The number of fused-ring (bicyclic) bond motifs is 4. The molecule has 1 heterocycles. The standard InChI is InChI=1S/C52H35NO/c1-2-14-36(15-3-1)37-28-31-42(32-29-37)53(50-26-10-7-22-46(50)41-30-33-48-47-23-8-11-27-51(47)54-52(48)35-41)49-25-9-6-21-45(49)40-19-12-18-39(34-40)44-24-13-17-38-16-4-5-20-43(38)44/h1-35H. The van der Waals surface area contributed by atoms with Crippen LogP contribution in [0.15, 0.2) is 217 Å². The third-order valence-corrected chi connectivity index (χ3v) is 10.5. The molecule has 0 radical (unpaired) electrons. The molecule has 9 aromatic carbocycles. The second-order valence-corrected chi connectivity index (χ2v) is 13.7. The van der Waals surface area contributed by atoms with Gasteiger partial charge in [0.15, 0.2) is 0 Å². The van der Waals surface area contributed by atoms with Crippen molar-refractivity contribution in [1.29, 1.82) is 0 Å². The summed E-state index contributed by atoms with van der Waals surface area (Å²) in [6, 6.07) is 76.0. The Balaban J connectivity index is 1.15. The Morgan fingerprint density at radius 1 is 0.296 bits per heavy atom. The molecule has 2 heteroatoms. The molecule has 254 valence electrons. The number of hydrogen-bond acceptors (Lipinski definition) is 2. The van der Waals surface area contributed by atoms with Gasteiger partial charge in [0, 0.05) is 27.6 Å². The molecule has 0 atom stereocenters. The summed E-state index contributed by atoms with van der Waals surface area (Å²) >= 11 is 0. The SMILES string of the molecule is c1ccc(-c2ccc(N(c3ccccc3-c3cccc(-c4cccc5ccccc45)c3)c3ccccc3-c3ccc4c(c3)oc3ccccc34)cc2)cc1. The zero-order valence-electron chi connectivity index (χ0n) is 29.6. The smallest absolute Gasteiger partial charge is 0.136 e. The minimum absolute atomic E-state index is 0.882. The maximum atomic E-state index is 6.38. The fourth-order valence-corrected chi connectivity index (χ4v) is 7.89. The molecule has 0 fully saturated rings. The van der Waals surface area contributed by atoms with Gasteiger partial charge in [-0.05, 0) is 92.7 Å². The molecule has 0 aliphatic rings. The minimum Gasteiger partial charge on any atom is -0.456 e. The highest BCUT2D eigenvalue weighted by Gasteiger charge is 2.21. The normalized spacial score (nSPS) is 11.3. The lowest BCUT2D eigenvalue weighted by Crippen LogP contribution is -2.12. The molecule has 0 saturated heterocycles. The molecule has 0 spiro atoms. The summed E-state index contributed by atoms with van der Waals surface area (Å²) < 4.78 is 6.38. The van der Waals surface area contributed by atoms with Crippen LogP contribution < -0.4 is 4.90 Å². The number of anilines is 3. The van der Waals surface area contributed by atoms with Crippen molar-refractivity contribution < 1.29 is 4.42 Å². The number of hydrogen-bond donors (Lipinski definition) is 0. The topological polar surface area (TPSA) is 16.4 Å². The third-order valence-electron chi connectivity index (χ3n) is 10.5. The lowest BCUT2D eigenvalue weighted by atomic mass is 9.94. The molecule has 0 aliphatic carbocycles. The van der Waals surface area contributed by atoms with E-state index in [2.05, 4.69) is 205 Å². The largest absolute Gasteiger partial charge is 0.456 e. The molecule has 0 amide bonds. The van der Waals surface area contributed by atoms with E-state index in [0.717, 1.165) is 61.3 Å². The fraction of sp³-hybridized carbons (Fsp3) is 0. The Labute approximate surface area is 314 Å². The molecular formula is C52H35NO. The summed E-state index contributed by atoms with van der Waals surface area (Å²) in [5.41, 5.74) is 14.3. The van der Waals surface area contributed by atoms with Crippen molar-refractivity contribution in [1.82, 2.24) is 0 Å². The average Bonchev–Trinajstić information content (AvgIpc) is 3.63. The highest BCUT2D eigenvalue weighted by molar-refractivity contribution is 6.06. The van der Waals surface area contributed by atoms with Gasteiger partial charge in [-0.3, -0.25) is 0 Å². The van der Waals surface area contributed by atoms with E-state index >= 15 is 0 Å². The summed E-state index contributed by atoms with van der Waals surface area (Å²) in [5, 5.41) is 4.74. The second kappa shape index (κ2) is 13.4. The Hall–Kier alpha value is -7.16. The van der Waals surface area contributed by atoms with Crippen LogP contribution in [0.1, 0.15) is 0 Å². The fourth-order valence-electron chi connectivity index (χ4n) is 7.89. The van der Waals surface area contributed by atoms with Crippen molar-refractivity contribution in [3.63, 3.8) is 0 Å². The van der Waals surface area contributed by atoms with Crippen LogP contribution in [0.2, 0.25) is 0 Å². The molecule has 10 aromatic rings. The second-order valence-electron chi connectivity index (χ2n) is 13.7. The zero-order chi connectivity index (χ0) is 35.8. The van der Waals surface area contributed by atoms with Crippen molar-refractivity contribution in [2.75, 3.05) is 4.90 Å². The highest BCUT2D eigenvalue weighted by atomic mass is 16.3. The van der Waals surface area contributed by atoms with Crippen LogP contribution in [0.4, 0.5) is 17.1 Å². The van der Waals surface area contributed by atoms with Gasteiger partial charge in [-0.1, -0.05) is 164 Å². The zero-order valence-corrected chi connectivity index (χ0v) is 29.6. The van der Waals surface area contributed by atoms with E-state index in [-0.39, 0.29) is 0 Å². The van der Waals surface area contributed by atoms with Crippen molar-refractivity contribution >= 4 is 49.8 Å². The molecular weight excluding hydrogens is 655 g/mol. The molecule has 0 saturated carbocycles. The van der Waals surface area contributed by atoms with E-state index in [1.165, 1.54) is 33.0 Å². The predicted octanol–water partition coefficient (Wildman–Crippen LogP) is 14.9. The van der Waals surface area contributed by atoms with E-state index in [0.29, 0.717) is 0 Å². The van der Waals surface area contributed by atoms with Gasteiger partial charge in [-0.15, -0.1) is 0 Å². The Bertz CT molecular complexity index is 2930. The number of rotatable bonds is 7. The van der Waals surface area contributed by atoms with Crippen molar-refractivity contribution in [2.45, 2.75) is 0 Å². The minimum atomic E-state index is 0.882. The molecule has 54 heavy (non-hydrogen) atoms. The van der Waals surface area contributed by atoms with Gasteiger partial charge in [0.05, 0.1) is 11.4 Å². The summed E-state index contributed by atoms with van der Waals surface area (Å²) in [6.07, 6.45) is 0. The van der Waals surface area contributed by atoms with E-state index in [9.17, 15) is 0 Å². The van der Waals surface area contributed by atoms with Crippen LogP contribution in [0, 0.1) is 0 Å². The molecule has 2 nitrogen and oxygen atoms in total. The maximum Gasteiger partial charge on any atom is 0.136 e. The van der Waals surface area contributed by atoms with Gasteiger partial charge in [-0.25, -0.2) is 0 Å². The monoisotopic (exact) mass is 689 g/mol. The first-order valence-corrected chi connectivity index (χ1v) is 18.4. The van der Waals surface area contributed by atoms with Crippen molar-refractivity contribution in [2.24, 2.45) is 0 Å². The summed E-state index contributed by atoms with van der Waals surface area (Å²) in [5.74, 6) is 0. The van der Waals surface area contributed by atoms with Crippen LogP contribution >= 0.6 is 0 Å². The van der Waals surface area contributed by atoms with E-state index in [4.69, 9.17) is 4.42 Å². The molecule has 0 unspecified atom stereocenters. The number of nitrogens with zero attached hydrogens (tertiary/aromatic N) is 1. The predicted molar refractivity (Wildman–Crippen MR) is 228 cm³/mol. The first kappa shape index (κ1) is 31.6. The Morgan fingerprint density at radius 3 is 1.57 bits per heavy atom. The van der Waals surface area contributed by atoms with Crippen LogP contribution in [-0.2, 0) is 0 Å². The third kappa shape index (κ3) is 5.62. The van der Waals surface area contributed by atoms with E-state index in [1.54, 1.807) is 0 Å². The van der Waals surface area contributed by atoms with Gasteiger partial charge in [0.1, 0.15) is 11.2 Å². The van der Waals surface area contributed by atoms with Crippen molar-refractivity contribution in [3.05, 3.63) is 212 Å². The molecule has 0 bridgehead atoms. The van der Waals surface area contributed by atoms with Gasteiger partial charge < -0.3 is 9.32 Å². The average molecular weight is 690 g/mol. The number of para-hydroxylation sites is 3. The Morgan fingerprint density at radius 2 is 0.796 bits per heavy atom. The van der Waals surface area contributed by atoms with Crippen LogP contribution in [0.5, 0.6) is 0 Å². The molecule has 10 rings (SSSR count). The van der Waals surface area contributed by atoms with Crippen LogP contribution in [-0.4, -0.2) is 0 Å². The lowest BCUT2D eigenvalue weighted by molar-refractivity contribution is 0.669. The summed E-state index contributed by atoms with van der Waals surface area (Å²) in [4.78, 5) is 2.41. The summed E-state index contributed by atoms with van der Waals surface area (Å²) in [7, 11) is 0. The molecule has 0 aliphatic heterocycles. The maximum absolute atomic E-state index is 6.38. The van der Waals surface area contributed by atoms with Crippen LogP contribution in [0.3, 0.4) is 0 Å². The quantitative estimate of drug-likeness (QED) is 0.166. The van der Waals surface area contributed by atoms with E-state index in [1.807, 2.05) is 12.1 Å². The number of furan rings is 1. The van der Waals surface area contributed by atoms with Gasteiger partial charge in [0.25, 0.3) is 0 Å². The van der Waals surface area contributed by atoms with Gasteiger partial charge in [-0.2, -0.15) is 0 Å². The van der Waals surface area contributed by atoms with Gasteiger partial charge in [0.2, 0.25) is 0 Å². The van der Waals surface area contributed by atoms with E-state index < -0.39 is 0 Å². The van der Waals surface area contributed by atoms with Crippen LogP contribution in [0.25, 0.3) is 77.2 Å². The lowest BCUT2D eigenvalue weighted by Gasteiger charge is -2.30. The highest BCUT2D eigenvalue weighted by Crippen LogP contribution is 2.46. The Kier molecular flexibility index (Phi) is 7.85. The molecule has 1 aromatic heterocycles. The first-order valence-electron chi connectivity index (χ1n) is 18.4. The van der Waals surface area contributed by atoms with Crippen molar-refractivity contribution in [3.8, 4) is 44.5 Å². The number of benzene rings is 9. The van der Waals surface area contributed by atoms with Gasteiger partial charge >= 0.3 is 0 Å².